The van der Waals surface area contributed by atoms with Gasteiger partial charge < -0.3 is 10.6 Å². The number of thiazole rings is 1. The number of benzene rings is 1. The molecule has 1 fully saturated rings. The van der Waals surface area contributed by atoms with Crippen LogP contribution in [0.15, 0.2) is 34.6 Å². The average molecular weight is 491 g/mol. The Kier molecular flexibility index (Phi) is 7.51. The number of nitrogens with zero attached hydrogens (tertiary/aromatic N) is 2. The first-order valence-corrected chi connectivity index (χ1v) is 9.49. The normalized spacial score (nSPS) is 19.5. The number of halogens is 2. The molecule has 3 rings (SSSR count). The van der Waals surface area contributed by atoms with Crippen LogP contribution in [0.2, 0.25) is 5.02 Å². The second kappa shape index (κ2) is 9.19. The predicted octanol–water partition coefficient (Wildman–Crippen LogP) is 4.76. The van der Waals surface area contributed by atoms with Gasteiger partial charge >= 0.3 is 0 Å². The number of rotatable bonds is 5. The summed E-state index contributed by atoms with van der Waals surface area (Å²) in [4.78, 5) is 8.96. The highest BCUT2D eigenvalue weighted by molar-refractivity contribution is 14.0. The van der Waals surface area contributed by atoms with Crippen molar-refractivity contribution < 1.29 is 0 Å². The van der Waals surface area contributed by atoms with Crippen LogP contribution in [0, 0.1) is 0 Å². The molecule has 2 atom stereocenters. The van der Waals surface area contributed by atoms with Gasteiger partial charge in [0.2, 0.25) is 0 Å². The first kappa shape index (κ1) is 20.5. The van der Waals surface area contributed by atoms with Crippen LogP contribution in [0.25, 0.3) is 0 Å². The Hall–Kier alpha value is -0.860. The lowest BCUT2D eigenvalue weighted by Crippen LogP contribution is -2.38. The zero-order valence-electron chi connectivity index (χ0n) is 14.6. The van der Waals surface area contributed by atoms with Crippen molar-refractivity contribution in [2.45, 2.75) is 44.7 Å². The summed E-state index contributed by atoms with van der Waals surface area (Å²) in [7, 11) is 1.80. The molecular weight excluding hydrogens is 467 g/mol. The minimum atomic E-state index is 0. The highest BCUT2D eigenvalue weighted by atomic mass is 127. The maximum absolute atomic E-state index is 6.08. The van der Waals surface area contributed by atoms with Crippen molar-refractivity contribution in [1.82, 2.24) is 15.6 Å². The van der Waals surface area contributed by atoms with E-state index in [9.17, 15) is 0 Å². The van der Waals surface area contributed by atoms with Gasteiger partial charge in [0.05, 0.1) is 12.2 Å². The Bertz CT molecular complexity index is 731. The summed E-state index contributed by atoms with van der Waals surface area (Å²) in [5.41, 5.74) is 2.44. The van der Waals surface area contributed by atoms with E-state index in [1.54, 1.807) is 18.4 Å². The van der Waals surface area contributed by atoms with E-state index in [0.29, 0.717) is 24.4 Å². The lowest BCUT2D eigenvalue weighted by molar-refractivity contribution is 0.775. The van der Waals surface area contributed by atoms with Gasteiger partial charge in [0, 0.05) is 29.4 Å². The predicted molar refractivity (Wildman–Crippen MR) is 118 cm³/mol. The number of hydrogen-bond donors (Lipinski definition) is 2. The van der Waals surface area contributed by atoms with E-state index >= 15 is 0 Å². The highest BCUT2D eigenvalue weighted by Gasteiger charge is 2.39. The molecule has 2 N–H and O–H groups in total. The molecule has 0 spiro atoms. The summed E-state index contributed by atoms with van der Waals surface area (Å²) in [6, 6.07) is 8.52. The van der Waals surface area contributed by atoms with Crippen LogP contribution in [-0.2, 0) is 6.54 Å². The summed E-state index contributed by atoms with van der Waals surface area (Å²) in [5.74, 6) is 1.80. The van der Waals surface area contributed by atoms with Gasteiger partial charge in [0.1, 0.15) is 5.01 Å². The van der Waals surface area contributed by atoms with Crippen molar-refractivity contribution in [3.8, 4) is 0 Å². The summed E-state index contributed by atoms with van der Waals surface area (Å²) in [6.07, 6.45) is 1.11. The third kappa shape index (κ3) is 5.56. The molecule has 1 aliphatic carbocycles. The maximum atomic E-state index is 6.08. The zero-order valence-corrected chi connectivity index (χ0v) is 18.5. The van der Waals surface area contributed by atoms with Crippen molar-refractivity contribution in [2.24, 2.45) is 4.99 Å². The number of guanidine groups is 1. The second-order valence-electron chi connectivity index (χ2n) is 6.39. The van der Waals surface area contributed by atoms with E-state index in [4.69, 9.17) is 11.6 Å². The van der Waals surface area contributed by atoms with E-state index in [1.165, 1.54) is 5.56 Å². The van der Waals surface area contributed by atoms with Gasteiger partial charge in [-0.2, -0.15) is 0 Å². The molecule has 0 aliphatic heterocycles. The molecule has 1 heterocycles. The molecule has 0 bridgehead atoms. The summed E-state index contributed by atoms with van der Waals surface area (Å²) >= 11 is 7.77. The Labute approximate surface area is 175 Å². The van der Waals surface area contributed by atoms with Gasteiger partial charge in [-0.15, -0.1) is 35.3 Å². The van der Waals surface area contributed by atoms with Crippen LogP contribution in [0.3, 0.4) is 0 Å². The first-order chi connectivity index (χ1) is 11.6. The zero-order chi connectivity index (χ0) is 17.1. The van der Waals surface area contributed by atoms with Crippen LogP contribution in [0.4, 0.5) is 0 Å². The molecule has 136 valence electrons. The minimum absolute atomic E-state index is 0. The van der Waals surface area contributed by atoms with E-state index in [0.717, 1.165) is 28.1 Å². The third-order valence-corrected chi connectivity index (χ3v) is 5.28. The fourth-order valence-corrected chi connectivity index (χ4v) is 3.76. The average Bonchev–Trinajstić information content (AvgIpc) is 3.16. The molecule has 4 nitrogen and oxygen atoms in total. The van der Waals surface area contributed by atoms with Gasteiger partial charge in [-0.05, 0) is 30.0 Å². The molecule has 7 heteroatoms. The van der Waals surface area contributed by atoms with Crippen LogP contribution in [-0.4, -0.2) is 24.0 Å². The Morgan fingerprint density at radius 2 is 2.24 bits per heavy atom. The van der Waals surface area contributed by atoms with Crippen LogP contribution in [0.5, 0.6) is 0 Å². The molecule has 1 aromatic carbocycles. The standard InChI is InChI=1S/C18H23ClN4S.HI/c1-11(2)16-10-24-17(22-16)9-21-18(20-3)23-15-8-14(15)12-5-4-6-13(19)7-12;/h4-7,10-11,14-15H,8-9H2,1-3H3,(H2,20,21,23);1H. The fraction of sp³-hybridized carbons (Fsp3) is 0.444. The molecule has 2 aromatic rings. The lowest BCUT2D eigenvalue weighted by Gasteiger charge is -2.11. The molecule has 2 unspecified atom stereocenters. The Morgan fingerprint density at radius 3 is 2.88 bits per heavy atom. The summed E-state index contributed by atoms with van der Waals surface area (Å²) in [5, 5.41) is 10.9. The first-order valence-electron chi connectivity index (χ1n) is 8.23. The number of aliphatic imine (C=N–C) groups is 1. The SMILES string of the molecule is CN=C(NCc1nc(C(C)C)cs1)NC1CC1c1cccc(Cl)c1.I. The second-order valence-corrected chi connectivity index (χ2v) is 7.77. The molecule has 1 saturated carbocycles. The summed E-state index contributed by atoms with van der Waals surface area (Å²) < 4.78 is 0. The van der Waals surface area contributed by atoms with Crippen molar-refractivity contribution in [3.05, 3.63) is 50.9 Å². The molecule has 0 amide bonds. The quantitative estimate of drug-likeness (QED) is 0.361. The van der Waals surface area contributed by atoms with Gasteiger partial charge in [-0.3, -0.25) is 4.99 Å². The van der Waals surface area contributed by atoms with Gasteiger partial charge in [-0.1, -0.05) is 37.6 Å². The number of hydrogen-bond acceptors (Lipinski definition) is 3. The molecular formula is C18H24ClIN4S. The Morgan fingerprint density at radius 1 is 1.44 bits per heavy atom. The minimum Gasteiger partial charge on any atom is -0.353 e. The van der Waals surface area contributed by atoms with Gasteiger partial charge in [-0.25, -0.2) is 4.98 Å². The van der Waals surface area contributed by atoms with Crippen LogP contribution < -0.4 is 10.6 Å². The molecule has 1 aromatic heterocycles. The third-order valence-electron chi connectivity index (χ3n) is 4.18. The molecule has 0 saturated heterocycles. The van der Waals surface area contributed by atoms with Gasteiger partial charge in [0.25, 0.3) is 0 Å². The van der Waals surface area contributed by atoms with Crippen molar-refractivity contribution in [1.29, 1.82) is 0 Å². The van der Waals surface area contributed by atoms with Crippen molar-refractivity contribution in [3.63, 3.8) is 0 Å². The van der Waals surface area contributed by atoms with Crippen molar-refractivity contribution in [2.75, 3.05) is 7.05 Å². The molecule has 0 radical (unpaired) electrons. The Balaban J connectivity index is 0.00000225. The number of nitrogens with one attached hydrogen (secondary N) is 2. The van der Waals surface area contributed by atoms with E-state index in [1.807, 2.05) is 18.2 Å². The topological polar surface area (TPSA) is 49.3 Å². The van der Waals surface area contributed by atoms with E-state index < -0.39 is 0 Å². The molecule has 25 heavy (non-hydrogen) atoms. The highest BCUT2D eigenvalue weighted by Crippen LogP contribution is 2.41. The van der Waals surface area contributed by atoms with E-state index in [-0.39, 0.29) is 24.0 Å². The molecule has 1 aliphatic rings. The largest absolute Gasteiger partial charge is 0.353 e. The van der Waals surface area contributed by atoms with E-state index in [2.05, 4.69) is 45.9 Å². The summed E-state index contributed by atoms with van der Waals surface area (Å²) in [6.45, 7) is 5.03. The van der Waals surface area contributed by atoms with Crippen LogP contribution in [0.1, 0.15) is 48.4 Å². The monoisotopic (exact) mass is 490 g/mol. The maximum Gasteiger partial charge on any atom is 0.191 e. The number of aromatic nitrogens is 1. The smallest absolute Gasteiger partial charge is 0.191 e. The lowest BCUT2D eigenvalue weighted by atomic mass is 10.1. The van der Waals surface area contributed by atoms with Crippen LogP contribution >= 0.6 is 46.9 Å². The fourth-order valence-electron chi connectivity index (χ4n) is 2.66. The van der Waals surface area contributed by atoms with Gasteiger partial charge in [0.15, 0.2) is 5.96 Å². The van der Waals surface area contributed by atoms with Crippen molar-refractivity contribution >= 4 is 52.9 Å².